The number of nitrogens with zero attached hydrogens (tertiary/aromatic N) is 2. The maximum absolute atomic E-state index is 14.2. The van der Waals surface area contributed by atoms with E-state index >= 15 is 0 Å². The molecule has 10 heteroatoms. The molecule has 0 unspecified atom stereocenters. The molecule has 1 N–H and O–H groups in total. The average Bonchev–Trinajstić information content (AvgIpc) is 2.93. The minimum atomic E-state index is -4.13. The number of hydrogen-bond acceptors (Lipinski definition) is 4. The number of anilines is 1. The average molecular weight is 619 g/mol. The molecule has 220 valence electrons. The van der Waals surface area contributed by atoms with E-state index < -0.39 is 28.5 Å². The Hall–Kier alpha value is -3.07. The summed E-state index contributed by atoms with van der Waals surface area (Å²) in [5.74, 6) is -0.833. The zero-order valence-corrected chi connectivity index (χ0v) is 26.4. The highest BCUT2D eigenvalue weighted by Gasteiger charge is 2.34. The number of carbonyl (C=O) groups is 2. The SMILES string of the molecule is CC[C@H](C(=O)N[C@@H](C)CC)N(Cc1ccc(Cl)c(Cl)c1)C(=O)CN(c1cc(C)cc(C)c1)S(=O)(=O)c1ccccc1. The highest BCUT2D eigenvalue weighted by atomic mass is 35.5. The molecular formula is C31H37Cl2N3O4S. The molecule has 0 saturated heterocycles. The summed E-state index contributed by atoms with van der Waals surface area (Å²) in [7, 11) is -4.13. The summed E-state index contributed by atoms with van der Waals surface area (Å²) in [5, 5.41) is 3.65. The van der Waals surface area contributed by atoms with Crippen molar-refractivity contribution in [2.45, 2.75) is 71.0 Å². The molecule has 0 bridgehead atoms. The summed E-state index contributed by atoms with van der Waals surface area (Å²) in [5.41, 5.74) is 2.73. The van der Waals surface area contributed by atoms with E-state index in [0.29, 0.717) is 27.7 Å². The van der Waals surface area contributed by atoms with Crippen molar-refractivity contribution in [1.29, 1.82) is 0 Å². The fourth-order valence-corrected chi connectivity index (χ4v) is 6.28. The van der Waals surface area contributed by atoms with E-state index in [1.807, 2.05) is 40.7 Å². The fourth-order valence-electron chi connectivity index (χ4n) is 4.54. The molecule has 3 aromatic carbocycles. The van der Waals surface area contributed by atoms with Crippen LogP contribution in [0.3, 0.4) is 0 Å². The maximum atomic E-state index is 14.2. The standard InChI is InChI=1S/C31H37Cl2N3O4S/c1-6-23(5)34-31(38)29(7-2)35(19-24-13-14-27(32)28(33)18-24)30(37)20-36(25-16-21(3)15-22(4)17-25)41(39,40)26-11-9-8-10-12-26/h8-18,23,29H,6-7,19-20H2,1-5H3,(H,34,38)/t23-,29+/m0/s1. The zero-order valence-electron chi connectivity index (χ0n) is 24.0. The lowest BCUT2D eigenvalue weighted by Crippen LogP contribution is -2.53. The molecule has 0 radical (unpaired) electrons. The number of aryl methyl sites for hydroxylation is 2. The Bertz CT molecular complexity index is 1460. The number of carbonyl (C=O) groups excluding carboxylic acids is 2. The van der Waals surface area contributed by atoms with Crippen molar-refractivity contribution < 1.29 is 18.0 Å². The van der Waals surface area contributed by atoms with Gasteiger partial charge in [-0.2, -0.15) is 0 Å². The highest BCUT2D eigenvalue weighted by Crippen LogP contribution is 2.28. The van der Waals surface area contributed by atoms with E-state index in [4.69, 9.17) is 23.2 Å². The number of benzene rings is 3. The molecule has 0 aliphatic carbocycles. The van der Waals surface area contributed by atoms with Crippen LogP contribution in [-0.4, -0.2) is 43.8 Å². The lowest BCUT2D eigenvalue weighted by Gasteiger charge is -2.34. The summed E-state index contributed by atoms with van der Waals surface area (Å²) < 4.78 is 29.0. The molecule has 0 heterocycles. The predicted molar refractivity (Wildman–Crippen MR) is 166 cm³/mol. The van der Waals surface area contributed by atoms with Crippen LogP contribution in [0.5, 0.6) is 0 Å². The van der Waals surface area contributed by atoms with Gasteiger partial charge in [0, 0.05) is 12.6 Å². The second-order valence-electron chi connectivity index (χ2n) is 10.2. The Balaban J connectivity index is 2.10. The molecule has 0 spiro atoms. The second kappa shape index (κ2) is 14.2. The Morgan fingerprint density at radius 1 is 0.878 bits per heavy atom. The lowest BCUT2D eigenvalue weighted by atomic mass is 10.1. The Labute approximate surface area is 253 Å². The summed E-state index contributed by atoms with van der Waals surface area (Å²) in [6.45, 7) is 8.94. The van der Waals surface area contributed by atoms with E-state index in [1.165, 1.54) is 17.0 Å². The van der Waals surface area contributed by atoms with E-state index in [1.54, 1.807) is 48.5 Å². The summed E-state index contributed by atoms with van der Waals surface area (Å²) in [4.78, 5) is 29.0. The fraction of sp³-hybridized carbons (Fsp3) is 0.355. The smallest absolute Gasteiger partial charge is 0.264 e. The molecule has 3 rings (SSSR count). The van der Waals surface area contributed by atoms with Crippen molar-refractivity contribution in [2.24, 2.45) is 0 Å². The van der Waals surface area contributed by atoms with Crippen molar-refractivity contribution in [3.05, 3.63) is 93.5 Å². The summed E-state index contributed by atoms with van der Waals surface area (Å²) >= 11 is 12.4. The first kappa shape index (κ1) is 32.4. The van der Waals surface area contributed by atoms with Gasteiger partial charge in [0.15, 0.2) is 0 Å². The summed E-state index contributed by atoms with van der Waals surface area (Å²) in [6, 6.07) is 17.5. The number of amides is 2. The van der Waals surface area contributed by atoms with Gasteiger partial charge < -0.3 is 10.2 Å². The van der Waals surface area contributed by atoms with Crippen molar-refractivity contribution in [3.8, 4) is 0 Å². The van der Waals surface area contributed by atoms with Crippen LogP contribution in [0.4, 0.5) is 5.69 Å². The van der Waals surface area contributed by atoms with Gasteiger partial charge in [-0.3, -0.25) is 13.9 Å². The number of nitrogens with one attached hydrogen (secondary N) is 1. The van der Waals surface area contributed by atoms with E-state index in [2.05, 4.69) is 5.32 Å². The topological polar surface area (TPSA) is 86.8 Å². The Kier molecular flexibility index (Phi) is 11.2. The van der Waals surface area contributed by atoms with Crippen molar-refractivity contribution in [1.82, 2.24) is 10.2 Å². The molecule has 2 atom stereocenters. The van der Waals surface area contributed by atoms with E-state index in [-0.39, 0.29) is 23.4 Å². The molecule has 41 heavy (non-hydrogen) atoms. The highest BCUT2D eigenvalue weighted by molar-refractivity contribution is 7.92. The summed E-state index contributed by atoms with van der Waals surface area (Å²) in [6.07, 6.45) is 1.04. The number of halogens is 2. The molecule has 7 nitrogen and oxygen atoms in total. The zero-order chi connectivity index (χ0) is 30.3. The second-order valence-corrected chi connectivity index (χ2v) is 12.9. The van der Waals surface area contributed by atoms with Crippen molar-refractivity contribution in [3.63, 3.8) is 0 Å². The van der Waals surface area contributed by atoms with Gasteiger partial charge in [-0.1, -0.05) is 67.4 Å². The third-order valence-corrected chi connectivity index (χ3v) is 9.36. The van der Waals surface area contributed by atoms with Gasteiger partial charge in [-0.05, 0) is 86.7 Å². The number of sulfonamides is 1. The monoisotopic (exact) mass is 617 g/mol. The predicted octanol–water partition coefficient (Wildman–Crippen LogP) is 6.53. The van der Waals surface area contributed by atoms with Gasteiger partial charge in [-0.15, -0.1) is 0 Å². The van der Waals surface area contributed by atoms with Gasteiger partial charge >= 0.3 is 0 Å². The van der Waals surface area contributed by atoms with Gasteiger partial charge in [-0.25, -0.2) is 8.42 Å². The van der Waals surface area contributed by atoms with Crippen LogP contribution in [0.2, 0.25) is 10.0 Å². The first-order valence-corrected chi connectivity index (χ1v) is 15.8. The Morgan fingerprint density at radius 2 is 1.51 bits per heavy atom. The van der Waals surface area contributed by atoms with Crippen molar-refractivity contribution in [2.75, 3.05) is 10.8 Å². The van der Waals surface area contributed by atoms with Crippen LogP contribution in [0.25, 0.3) is 0 Å². The molecule has 0 aliphatic rings. The molecule has 0 fully saturated rings. The van der Waals surface area contributed by atoms with Gasteiger partial charge in [0.25, 0.3) is 10.0 Å². The minimum absolute atomic E-state index is 0.0359. The first-order chi connectivity index (χ1) is 19.4. The van der Waals surface area contributed by atoms with Crippen LogP contribution < -0.4 is 9.62 Å². The molecule has 0 aromatic heterocycles. The van der Waals surface area contributed by atoms with Crippen LogP contribution in [0.1, 0.15) is 50.3 Å². The maximum Gasteiger partial charge on any atom is 0.264 e. The van der Waals surface area contributed by atoms with Crippen LogP contribution in [-0.2, 0) is 26.2 Å². The van der Waals surface area contributed by atoms with Crippen LogP contribution in [0.15, 0.2) is 71.6 Å². The lowest BCUT2D eigenvalue weighted by molar-refractivity contribution is -0.140. The third kappa shape index (κ3) is 8.24. The van der Waals surface area contributed by atoms with Crippen LogP contribution >= 0.6 is 23.2 Å². The van der Waals surface area contributed by atoms with Gasteiger partial charge in [0.05, 0.1) is 20.6 Å². The molecule has 2 amide bonds. The van der Waals surface area contributed by atoms with E-state index in [9.17, 15) is 18.0 Å². The third-order valence-electron chi connectivity index (χ3n) is 6.83. The number of rotatable bonds is 12. The quantitative estimate of drug-likeness (QED) is 0.250. The Morgan fingerprint density at radius 3 is 2.07 bits per heavy atom. The minimum Gasteiger partial charge on any atom is -0.352 e. The molecule has 0 aliphatic heterocycles. The number of hydrogen-bond donors (Lipinski definition) is 1. The molecule has 3 aromatic rings. The molecule has 0 saturated carbocycles. The van der Waals surface area contributed by atoms with Crippen molar-refractivity contribution >= 4 is 50.7 Å². The van der Waals surface area contributed by atoms with Gasteiger partial charge in [0.2, 0.25) is 11.8 Å². The first-order valence-electron chi connectivity index (χ1n) is 13.6. The normalized spacial score (nSPS) is 12.9. The van der Waals surface area contributed by atoms with E-state index in [0.717, 1.165) is 21.9 Å². The molecular weight excluding hydrogens is 581 g/mol. The largest absolute Gasteiger partial charge is 0.352 e. The van der Waals surface area contributed by atoms with Crippen LogP contribution in [0, 0.1) is 13.8 Å². The van der Waals surface area contributed by atoms with Gasteiger partial charge in [0.1, 0.15) is 12.6 Å².